The maximum Gasteiger partial charge on any atom is 0.337 e. The molecule has 4 nitrogen and oxygen atoms in total. The van der Waals surface area contributed by atoms with E-state index < -0.39 is 15.8 Å². The molecule has 2 rings (SSSR count). The minimum atomic E-state index is -3.22. The van der Waals surface area contributed by atoms with Crippen LogP contribution in [0.5, 0.6) is 0 Å². The molecule has 2 aromatic rings. The number of hydrogen-bond donors (Lipinski definition) is 1. The SMILES string of the molecule is CS(=O)(=O)c1ccc(Sc2ccc(Cl)c(C(=O)O)c2)cc1. The van der Waals surface area contributed by atoms with E-state index in [0.29, 0.717) is 4.90 Å². The fourth-order valence-corrected chi connectivity index (χ4v) is 3.31. The Morgan fingerprint density at radius 2 is 1.67 bits per heavy atom. The van der Waals surface area contributed by atoms with E-state index in [1.165, 1.54) is 36.0 Å². The Morgan fingerprint density at radius 1 is 1.10 bits per heavy atom. The van der Waals surface area contributed by atoms with E-state index in [1.807, 2.05) is 0 Å². The normalized spacial score (nSPS) is 11.3. The maximum atomic E-state index is 11.4. The molecule has 0 aliphatic carbocycles. The number of hydrogen-bond acceptors (Lipinski definition) is 4. The highest BCUT2D eigenvalue weighted by Crippen LogP contribution is 2.31. The van der Waals surface area contributed by atoms with E-state index in [0.717, 1.165) is 11.2 Å². The average Bonchev–Trinajstić information content (AvgIpc) is 2.40. The van der Waals surface area contributed by atoms with Crippen molar-refractivity contribution in [2.45, 2.75) is 14.7 Å². The van der Waals surface area contributed by atoms with Gasteiger partial charge in [-0.3, -0.25) is 0 Å². The summed E-state index contributed by atoms with van der Waals surface area (Å²) in [6.07, 6.45) is 1.15. The lowest BCUT2D eigenvalue weighted by Crippen LogP contribution is -1.97. The predicted octanol–water partition coefficient (Wildman–Crippen LogP) is 3.59. The van der Waals surface area contributed by atoms with Crippen molar-refractivity contribution >= 4 is 39.2 Å². The summed E-state index contributed by atoms with van der Waals surface area (Å²) in [5.41, 5.74) is 0.0365. The molecule has 0 saturated carbocycles. The van der Waals surface area contributed by atoms with E-state index in [-0.39, 0.29) is 15.5 Å². The van der Waals surface area contributed by atoms with Crippen molar-refractivity contribution in [3.05, 3.63) is 53.1 Å². The van der Waals surface area contributed by atoms with Crippen LogP contribution in [-0.4, -0.2) is 25.7 Å². The number of halogens is 1. The first-order valence-corrected chi connectivity index (χ1v) is 8.87. The molecule has 0 aliphatic heterocycles. The molecule has 1 N–H and O–H groups in total. The molecule has 0 heterocycles. The lowest BCUT2D eigenvalue weighted by Gasteiger charge is -2.05. The predicted molar refractivity (Wildman–Crippen MR) is 82.1 cm³/mol. The quantitative estimate of drug-likeness (QED) is 0.919. The van der Waals surface area contributed by atoms with Crippen LogP contribution in [0.3, 0.4) is 0 Å². The molecule has 0 unspecified atom stereocenters. The molecular weight excluding hydrogens is 332 g/mol. The molecule has 21 heavy (non-hydrogen) atoms. The van der Waals surface area contributed by atoms with E-state index in [9.17, 15) is 13.2 Å². The van der Waals surface area contributed by atoms with Crippen LogP contribution in [0.4, 0.5) is 0 Å². The summed E-state index contributed by atoms with van der Waals surface area (Å²) in [6.45, 7) is 0. The molecule has 110 valence electrons. The zero-order valence-corrected chi connectivity index (χ0v) is 13.3. The van der Waals surface area contributed by atoms with Gasteiger partial charge in [-0.05, 0) is 42.5 Å². The molecule has 0 amide bonds. The Balaban J connectivity index is 2.26. The largest absolute Gasteiger partial charge is 0.478 e. The van der Waals surface area contributed by atoms with Gasteiger partial charge in [0.25, 0.3) is 0 Å². The van der Waals surface area contributed by atoms with Gasteiger partial charge < -0.3 is 5.11 Å². The van der Waals surface area contributed by atoms with Crippen molar-refractivity contribution in [1.29, 1.82) is 0 Å². The van der Waals surface area contributed by atoms with Crippen LogP contribution >= 0.6 is 23.4 Å². The number of rotatable bonds is 4. The van der Waals surface area contributed by atoms with Gasteiger partial charge in [0.05, 0.1) is 15.5 Å². The second-order valence-corrected chi connectivity index (χ2v) is 7.86. The molecular formula is C14H11ClO4S2. The summed E-state index contributed by atoms with van der Waals surface area (Å²) >= 11 is 7.14. The number of benzene rings is 2. The van der Waals surface area contributed by atoms with Gasteiger partial charge in [0.2, 0.25) is 0 Å². The number of carbonyl (C=O) groups is 1. The third kappa shape index (κ3) is 4.00. The number of carboxylic acid groups (broad SMARTS) is 1. The van der Waals surface area contributed by atoms with E-state index >= 15 is 0 Å². The standard InChI is InChI=1S/C14H11ClO4S2/c1-21(18,19)11-5-2-9(3-6-11)20-10-4-7-13(15)12(8-10)14(16)17/h2-8H,1H3,(H,16,17). The third-order valence-corrected chi connectivity index (χ3v) is 5.11. The number of aromatic carboxylic acids is 1. The first kappa shape index (κ1) is 15.9. The Kier molecular flexibility index (Phi) is 4.61. The van der Waals surface area contributed by atoms with Crippen LogP contribution in [0.25, 0.3) is 0 Å². The minimum Gasteiger partial charge on any atom is -0.478 e. The number of sulfone groups is 1. The maximum absolute atomic E-state index is 11.4. The van der Waals surface area contributed by atoms with Crippen LogP contribution in [0, 0.1) is 0 Å². The Bertz CT molecular complexity index is 783. The summed E-state index contributed by atoms with van der Waals surface area (Å²) in [7, 11) is -3.22. The summed E-state index contributed by atoms with van der Waals surface area (Å²) in [5.74, 6) is -1.09. The first-order chi connectivity index (χ1) is 9.77. The van der Waals surface area contributed by atoms with Crippen LogP contribution in [0.15, 0.2) is 57.2 Å². The zero-order valence-electron chi connectivity index (χ0n) is 10.9. The van der Waals surface area contributed by atoms with Crippen LogP contribution < -0.4 is 0 Å². The second kappa shape index (κ2) is 6.09. The summed E-state index contributed by atoms with van der Waals surface area (Å²) in [6, 6.07) is 11.1. The zero-order chi connectivity index (χ0) is 15.6. The van der Waals surface area contributed by atoms with Crippen LogP contribution in [0.2, 0.25) is 5.02 Å². The first-order valence-electron chi connectivity index (χ1n) is 5.78. The highest BCUT2D eigenvalue weighted by Gasteiger charge is 2.11. The molecule has 2 aromatic carbocycles. The van der Waals surface area contributed by atoms with Crippen molar-refractivity contribution in [1.82, 2.24) is 0 Å². The van der Waals surface area contributed by atoms with Gasteiger partial charge in [0.15, 0.2) is 9.84 Å². The second-order valence-electron chi connectivity index (χ2n) is 4.29. The van der Waals surface area contributed by atoms with Gasteiger partial charge in [-0.2, -0.15) is 0 Å². The van der Waals surface area contributed by atoms with E-state index in [2.05, 4.69) is 0 Å². The fraction of sp³-hybridized carbons (Fsp3) is 0.0714. The Morgan fingerprint density at radius 3 is 2.19 bits per heavy atom. The van der Waals surface area contributed by atoms with Gasteiger partial charge in [-0.25, -0.2) is 13.2 Å². The molecule has 0 radical (unpaired) electrons. The molecule has 7 heteroatoms. The van der Waals surface area contributed by atoms with E-state index in [4.69, 9.17) is 16.7 Å². The molecule has 0 fully saturated rings. The third-order valence-electron chi connectivity index (χ3n) is 2.66. The molecule has 0 bridgehead atoms. The van der Waals surface area contributed by atoms with Crippen molar-refractivity contribution in [2.24, 2.45) is 0 Å². The van der Waals surface area contributed by atoms with Gasteiger partial charge in [-0.1, -0.05) is 23.4 Å². The lowest BCUT2D eigenvalue weighted by atomic mass is 10.2. The van der Waals surface area contributed by atoms with Crippen LogP contribution in [-0.2, 0) is 9.84 Å². The van der Waals surface area contributed by atoms with Crippen molar-refractivity contribution in [2.75, 3.05) is 6.26 Å². The van der Waals surface area contributed by atoms with Crippen molar-refractivity contribution < 1.29 is 18.3 Å². The smallest absolute Gasteiger partial charge is 0.337 e. The average molecular weight is 343 g/mol. The van der Waals surface area contributed by atoms with Crippen molar-refractivity contribution in [3.8, 4) is 0 Å². The Hall–Kier alpha value is -1.50. The summed E-state index contributed by atoms with van der Waals surface area (Å²) < 4.78 is 22.7. The summed E-state index contributed by atoms with van der Waals surface area (Å²) in [5, 5.41) is 9.20. The highest BCUT2D eigenvalue weighted by atomic mass is 35.5. The van der Waals surface area contributed by atoms with E-state index in [1.54, 1.807) is 18.2 Å². The van der Waals surface area contributed by atoms with Gasteiger partial charge in [-0.15, -0.1) is 0 Å². The number of carboxylic acids is 1. The van der Waals surface area contributed by atoms with Gasteiger partial charge >= 0.3 is 5.97 Å². The molecule has 0 aromatic heterocycles. The molecule has 0 aliphatic rings. The van der Waals surface area contributed by atoms with Gasteiger partial charge in [0.1, 0.15) is 0 Å². The lowest BCUT2D eigenvalue weighted by molar-refractivity contribution is 0.0697. The van der Waals surface area contributed by atoms with Gasteiger partial charge in [0, 0.05) is 16.0 Å². The molecule has 0 saturated heterocycles. The van der Waals surface area contributed by atoms with Crippen LogP contribution in [0.1, 0.15) is 10.4 Å². The minimum absolute atomic E-state index is 0.0365. The summed E-state index contributed by atoms with van der Waals surface area (Å²) in [4.78, 5) is 12.8. The topological polar surface area (TPSA) is 71.4 Å². The monoisotopic (exact) mass is 342 g/mol. The Labute approximate surface area is 131 Å². The highest BCUT2D eigenvalue weighted by molar-refractivity contribution is 7.99. The molecule has 0 spiro atoms. The molecule has 0 atom stereocenters. The van der Waals surface area contributed by atoms with Crippen molar-refractivity contribution in [3.63, 3.8) is 0 Å². The fourth-order valence-electron chi connectivity index (χ4n) is 1.62.